The first kappa shape index (κ1) is 12.1. The van der Waals surface area contributed by atoms with Crippen molar-refractivity contribution in [2.45, 2.75) is 6.18 Å². The zero-order valence-corrected chi connectivity index (χ0v) is 9.26. The van der Waals surface area contributed by atoms with E-state index in [4.69, 9.17) is 11.6 Å². The molecule has 0 radical (unpaired) electrons. The fourth-order valence-corrected chi connectivity index (χ4v) is 1.54. The molecule has 8 heteroatoms. The lowest BCUT2D eigenvalue weighted by molar-refractivity contribution is -0.137. The zero-order valence-electron chi connectivity index (χ0n) is 8.50. The number of nitrogens with zero attached hydrogens (tertiary/aromatic N) is 3. The first-order valence-electron chi connectivity index (χ1n) is 4.72. The van der Waals surface area contributed by atoms with Crippen molar-refractivity contribution in [1.82, 2.24) is 10.3 Å². The lowest BCUT2D eigenvalue weighted by atomic mass is 10.2. The van der Waals surface area contributed by atoms with Crippen molar-refractivity contribution in [1.29, 1.82) is 0 Å². The molecule has 1 aliphatic heterocycles. The molecule has 1 aliphatic rings. The van der Waals surface area contributed by atoms with E-state index in [0.717, 1.165) is 12.1 Å². The molecule has 0 fully saturated rings. The average Bonchev–Trinajstić information content (AvgIpc) is 2.28. The van der Waals surface area contributed by atoms with Crippen molar-refractivity contribution in [3.63, 3.8) is 0 Å². The molecule has 4 nitrogen and oxygen atoms in total. The van der Waals surface area contributed by atoms with Crippen LogP contribution in [-0.2, 0) is 6.18 Å². The minimum absolute atomic E-state index is 0.0632. The fraction of sp³-hybridized carbons (Fsp3) is 0.333. The second kappa shape index (κ2) is 4.50. The fourth-order valence-electron chi connectivity index (χ4n) is 1.33. The van der Waals surface area contributed by atoms with Crippen molar-refractivity contribution in [2.75, 3.05) is 18.2 Å². The molecule has 1 N–H and O–H groups in total. The molecule has 0 aliphatic carbocycles. The van der Waals surface area contributed by atoms with Gasteiger partial charge in [0.15, 0.2) is 5.82 Å². The zero-order chi connectivity index (χ0) is 12.5. The number of hydrogen-bond donors (Lipinski definition) is 1. The first-order chi connectivity index (χ1) is 7.97. The van der Waals surface area contributed by atoms with Gasteiger partial charge in [0.2, 0.25) is 0 Å². The van der Waals surface area contributed by atoms with Crippen molar-refractivity contribution in [3.05, 3.63) is 22.8 Å². The van der Waals surface area contributed by atoms with Crippen molar-refractivity contribution in [2.24, 2.45) is 5.10 Å². The van der Waals surface area contributed by atoms with E-state index >= 15 is 0 Å². The molecule has 0 unspecified atom stereocenters. The van der Waals surface area contributed by atoms with Crippen LogP contribution >= 0.6 is 11.6 Å². The number of hydrogen-bond acceptors (Lipinski definition) is 4. The van der Waals surface area contributed by atoms with Crippen LogP contribution in [-0.4, -0.2) is 24.4 Å². The molecule has 0 spiro atoms. The summed E-state index contributed by atoms with van der Waals surface area (Å²) >= 11 is 5.57. The van der Waals surface area contributed by atoms with E-state index in [2.05, 4.69) is 15.4 Å². The van der Waals surface area contributed by atoms with E-state index in [1.54, 1.807) is 6.21 Å². The number of alkyl halides is 3. The van der Waals surface area contributed by atoms with Gasteiger partial charge < -0.3 is 0 Å². The predicted molar refractivity (Wildman–Crippen MR) is 58.1 cm³/mol. The predicted octanol–water partition coefficient (Wildman–Crippen LogP) is 2.11. The van der Waals surface area contributed by atoms with Gasteiger partial charge in [-0.1, -0.05) is 11.6 Å². The van der Waals surface area contributed by atoms with Crippen molar-refractivity contribution < 1.29 is 13.2 Å². The maximum atomic E-state index is 12.6. The smallest absolute Gasteiger partial charge is 0.293 e. The Bertz CT molecular complexity index is 446. The minimum Gasteiger partial charge on any atom is -0.293 e. The van der Waals surface area contributed by atoms with Gasteiger partial charge in [0.1, 0.15) is 5.15 Å². The van der Waals surface area contributed by atoms with E-state index in [1.165, 1.54) is 5.01 Å². The Hall–Kier alpha value is -1.34. The highest BCUT2D eigenvalue weighted by atomic mass is 35.5. The van der Waals surface area contributed by atoms with E-state index in [1.807, 2.05) is 0 Å². The number of pyridine rings is 1. The third-order valence-corrected chi connectivity index (χ3v) is 2.28. The van der Waals surface area contributed by atoms with Crippen molar-refractivity contribution in [3.8, 4) is 0 Å². The summed E-state index contributed by atoms with van der Waals surface area (Å²) in [7, 11) is 0. The number of halogens is 4. The van der Waals surface area contributed by atoms with Gasteiger partial charge in [0, 0.05) is 12.8 Å². The average molecular weight is 265 g/mol. The quantitative estimate of drug-likeness (QED) is 0.790. The molecular weight excluding hydrogens is 257 g/mol. The highest BCUT2D eigenvalue weighted by molar-refractivity contribution is 6.29. The molecule has 1 aromatic heterocycles. The lowest BCUT2D eigenvalue weighted by Gasteiger charge is -2.22. The maximum absolute atomic E-state index is 12.6. The van der Waals surface area contributed by atoms with Gasteiger partial charge in [-0.15, -0.1) is 0 Å². The lowest BCUT2D eigenvalue weighted by Crippen LogP contribution is -2.36. The standard InChI is InChI=1S/C9H8ClF3N4/c10-7-3-6(9(11,12)13)4-8(16-7)17-5-14-1-2-15-17/h2-4,14H,1,5H2. The Labute approximate surface area is 100 Å². The summed E-state index contributed by atoms with van der Waals surface area (Å²) in [5, 5.41) is 7.94. The topological polar surface area (TPSA) is 40.5 Å². The monoisotopic (exact) mass is 264 g/mol. The molecule has 0 bridgehead atoms. The first-order valence-corrected chi connectivity index (χ1v) is 5.10. The summed E-state index contributed by atoms with van der Waals surface area (Å²) in [6, 6.07) is 1.70. The molecule has 0 aromatic carbocycles. The van der Waals surface area contributed by atoms with Gasteiger partial charge >= 0.3 is 6.18 Å². The van der Waals surface area contributed by atoms with Gasteiger partial charge in [0.25, 0.3) is 0 Å². The van der Waals surface area contributed by atoms with E-state index < -0.39 is 11.7 Å². The molecule has 0 atom stereocenters. The van der Waals surface area contributed by atoms with E-state index in [0.29, 0.717) is 13.2 Å². The summed E-state index contributed by atoms with van der Waals surface area (Å²) in [6.07, 6.45) is -2.91. The van der Waals surface area contributed by atoms with Crippen LogP contribution in [0.4, 0.5) is 19.0 Å². The van der Waals surface area contributed by atoms with Crippen LogP contribution in [0.3, 0.4) is 0 Å². The van der Waals surface area contributed by atoms with Gasteiger partial charge in [-0.25, -0.2) is 9.99 Å². The molecule has 92 valence electrons. The molecule has 2 rings (SSSR count). The van der Waals surface area contributed by atoms with Gasteiger partial charge in [-0.3, -0.25) is 5.32 Å². The van der Waals surface area contributed by atoms with Crippen LogP contribution in [0, 0.1) is 0 Å². The highest BCUT2D eigenvalue weighted by Gasteiger charge is 2.32. The molecular formula is C9H8ClF3N4. The second-order valence-corrected chi connectivity index (χ2v) is 3.73. The van der Waals surface area contributed by atoms with Crippen LogP contribution in [0.5, 0.6) is 0 Å². The summed E-state index contributed by atoms with van der Waals surface area (Å²) < 4.78 is 37.7. The van der Waals surface area contributed by atoms with Gasteiger partial charge in [-0.05, 0) is 12.1 Å². The van der Waals surface area contributed by atoms with Gasteiger partial charge in [-0.2, -0.15) is 18.3 Å². The molecule has 0 saturated heterocycles. The van der Waals surface area contributed by atoms with E-state index in [-0.39, 0.29) is 11.0 Å². The molecule has 0 saturated carbocycles. The Morgan fingerprint density at radius 3 is 2.71 bits per heavy atom. The summed E-state index contributed by atoms with van der Waals surface area (Å²) in [4.78, 5) is 3.81. The van der Waals surface area contributed by atoms with Crippen LogP contribution in [0.25, 0.3) is 0 Å². The normalized spacial score (nSPS) is 16.4. The third-order valence-electron chi connectivity index (χ3n) is 2.09. The van der Waals surface area contributed by atoms with Gasteiger partial charge in [0.05, 0.1) is 12.2 Å². The SMILES string of the molecule is FC(F)(F)c1cc(Cl)nc(N2CNCC=N2)c1. The molecule has 0 amide bonds. The van der Waals surface area contributed by atoms with Crippen LogP contribution in [0.15, 0.2) is 17.2 Å². The summed E-state index contributed by atoms with van der Waals surface area (Å²) in [5.41, 5.74) is -0.840. The summed E-state index contributed by atoms with van der Waals surface area (Å²) in [6.45, 7) is 0.865. The van der Waals surface area contributed by atoms with Crippen LogP contribution < -0.4 is 10.3 Å². The maximum Gasteiger partial charge on any atom is 0.416 e. The number of hydrazone groups is 1. The third kappa shape index (κ3) is 2.86. The molecule has 17 heavy (non-hydrogen) atoms. The number of nitrogens with one attached hydrogen (secondary N) is 1. The van der Waals surface area contributed by atoms with Crippen molar-refractivity contribution >= 4 is 23.6 Å². The van der Waals surface area contributed by atoms with E-state index in [9.17, 15) is 13.2 Å². The highest BCUT2D eigenvalue weighted by Crippen LogP contribution is 2.32. The van der Waals surface area contributed by atoms with Crippen LogP contribution in [0.1, 0.15) is 5.56 Å². The Morgan fingerprint density at radius 2 is 2.12 bits per heavy atom. The number of anilines is 1. The minimum atomic E-state index is -4.45. The molecule has 2 heterocycles. The Morgan fingerprint density at radius 1 is 1.35 bits per heavy atom. The van der Waals surface area contributed by atoms with Crippen LogP contribution in [0.2, 0.25) is 5.15 Å². The second-order valence-electron chi connectivity index (χ2n) is 3.34. The Kier molecular flexibility index (Phi) is 3.21. The number of rotatable bonds is 1. The number of aromatic nitrogens is 1. The summed E-state index contributed by atoms with van der Waals surface area (Å²) in [5.74, 6) is 0.0632. The molecule has 1 aromatic rings. The Balaban J connectivity index is 2.37. The largest absolute Gasteiger partial charge is 0.416 e.